The topological polar surface area (TPSA) is 111 Å². The van der Waals surface area contributed by atoms with Crippen molar-refractivity contribution in [3.8, 4) is 0 Å². The Morgan fingerprint density at radius 2 is 1.07 bits per heavy atom. The standard InChI is InChI=1S/C22H20N2O6/c25-17-21(19(27)29-13-15-7-3-1-4-8-15)11-12-22(24-17,18(26)23-21)20(28)30-14-16-9-5-2-6-10-16/h1-10H,11-14H2,(H,23,26)(H,24,25)/t21-,22-/m0/s1. The first-order chi connectivity index (χ1) is 14.5. The van der Waals surface area contributed by atoms with Gasteiger partial charge in [-0.2, -0.15) is 0 Å². The Morgan fingerprint density at radius 3 is 1.40 bits per heavy atom. The second-order valence-electron chi connectivity index (χ2n) is 7.34. The third-order valence-corrected chi connectivity index (χ3v) is 5.43. The molecule has 2 bridgehead atoms. The molecule has 3 heterocycles. The number of esters is 2. The number of rotatable bonds is 6. The van der Waals surface area contributed by atoms with Crippen LogP contribution in [0.25, 0.3) is 0 Å². The number of carbonyl (C=O) groups excluding carboxylic acids is 4. The number of benzene rings is 2. The maximum absolute atomic E-state index is 12.7. The molecule has 154 valence electrons. The fraction of sp³-hybridized carbons (Fsp3) is 0.273. The van der Waals surface area contributed by atoms with Crippen LogP contribution in [0.1, 0.15) is 24.0 Å². The molecule has 0 aliphatic carbocycles. The molecule has 3 fully saturated rings. The summed E-state index contributed by atoms with van der Waals surface area (Å²) in [5.41, 5.74) is -2.18. The molecular weight excluding hydrogens is 388 g/mol. The van der Waals surface area contributed by atoms with Crippen LogP contribution >= 0.6 is 0 Å². The van der Waals surface area contributed by atoms with Gasteiger partial charge in [-0.05, 0) is 24.0 Å². The number of ether oxygens (including phenoxy) is 2. The monoisotopic (exact) mass is 408 g/mol. The van der Waals surface area contributed by atoms with Crippen molar-refractivity contribution in [1.82, 2.24) is 10.6 Å². The number of hydrogen-bond donors (Lipinski definition) is 2. The summed E-state index contributed by atoms with van der Waals surface area (Å²) in [6, 6.07) is 18.0. The fourth-order valence-electron chi connectivity index (χ4n) is 3.63. The van der Waals surface area contributed by atoms with Crippen LogP contribution in [0, 0.1) is 0 Å². The molecule has 8 heteroatoms. The molecule has 8 nitrogen and oxygen atoms in total. The molecule has 0 aromatic heterocycles. The maximum Gasteiger partial charge on any atom is 0.342 e. The van der Waals surface area contributed by atoms with Crippen molar-refractivity contribution in [1.29, 1.82) is 0 Å². The Balaban J connectivity index is 1.44. The van der Waals surface area contributed by atoms with E-state index in [1.807, 2.05) is 12.1 Å². The molecule has 2 atom stereocenters. The van der Waals surface area contributed by atoms with Crippen molar-refractivity contribution in [2.24, 2.45) is 0 Å². The Kier molecular flexibility index (Phi) is 4.99. The summed E-state index contributed by atoms with van der Waals surface area (Å²) >= 11 is 0. The minimum absolute atomic E-state index is 0.0329. The minimum atomic E-state index is -1.84. The van der Waals surface area contributed by atoms with E-state index in [4.69, 9.17) is 9.47 Å². The minimum Gasteiger partial charge on any atom is -0.459 e. The summed E-state index contributed by atoms with van der Waals surface area (Å²) in [6.07, 6.45) is -0.114. The van der Waals surface area contributed by atoms with Gasteiger partial charge >= 0.3 is 11.9 Å². The summed E-state index contributed by atoms with van der Waals surface area (Å²) in [5, 5.41) is 4.82. The number of carbonyl (C=O) groups is 4. The highest BCUT2D eigenvalue weighted by Gasteiger charge is 2.67. The SMILES string of the molecule is O=C1N[C@@]2(C(=O)OCc3ccccc3)CC[C@]1(C(=O)OCc1ccccc1)NC2=O. The highest BCUT2D eigenvalue weighted by Crippen LogP contribution is 2.35. The first-order valence-electron chi connectivity index (χ1n) is 9.54. The van der Waals surface area contributed by atoms with E-state index in [9.17, 15) is 19.2 Å². The van der Waals surface area contributed by atoms with Gasteiger partial charge in [-0.25, -0.2) is 9.59 Å². The van der Waals surface area contributed by atoms with Gasteiger partial charge in [0.2, 0.25) is 11.1 Å². The van der Waals surface area contributed by atoms with Gasteiger partial charge in [-0.15, -0.1) is 0 Å². The zero-order valence-corrected chi connectivity index (χ0v) is 16.1. The van der Waals surface area contributed by atoms with E-state index in [0.29, 0.717) is 0 Å². The second kappa shape index (κ2) is 7.62. The highest BCUT2D eigenvalue weighted by molar-refractivity contribution is 6.22. The van der Waals surface area contributed by atoms with E-state index in [0.717, 1.165) is 11.1 Å². The summed E-state index contributed by atoms with van der Waals surface area (Å²) in [5.74, 6) is -3.27. The molecule has 0 saturated carbocycles. The van der Waals surface area contributed by atoms with Crippen LogP contribution in [0.5, 0.6) is 0 Å². The second-order valence-corrected chi connectivity index (χ2v) is 7.34. The van der Waals surface area contributed by atoms with Crippen LogP contribution in [0.3, 0.4) is 0 Å². The predicted octanol–water partition coefficient (Wildman–Crippen LogP) is 0.991. The largest absolute Gasteiger partial charge is 0.459 e. The highest BCUT2D eigenvalue weighted by atomic mass is 16.5. The quantitative estimate of drug-likeness (QED) is 0.545. The molecule has 3 aliphatic rings. The first-order valence-corrected chi connectivity index (χ1v) is 9.54. The van der Waals surface area contributed by atoms with Gasteiger partial charge in [0.05, 0.1) is 0 Å². The lowest BCUT2D eigenvalue weighted by Gasteiger charge is -2.48. The van der Waals surface area contributed by atoms with E-state index in [2.05, 4.69) is 10.6 Å². The van der Waals surface area contributed by atoms with Crippen LogP contribution in [0.4, 0.5) is 0 Å². The molecule has 2 aromatic carbocycles. The van der Waals surface area contributed by atoms with E-state index < -0.39 is 34.8 Å². The van der Waals surface area contributed by atoms with Gasteiger partial charge < -0.3 is 20.1 Å². The fourth-order valence-corrected chi connectivity index (χ4v) is 3.63. The number of piperazine rings is 1. The zero-order valence-electron chi connectivity index (χ0n) is 16.1. The molecule has 3 saturated heterocycles. The average Bonchev–Trinajstić information content (AvgIpc) is 2.78. The Labute approximate surface area is 172 Å². The molecular formula is C22H20N2O6. The van der Waals surface area contributed by atoms with Crippen molar-refractivity contribution in [3.63, 3.8) is 0 Å². The van der Waals surface area contributed by atoms with Gasteiger partial charge in [0.25, 0.3) is 11.8 Å². The number of hydrogen-bond acceptors (Lipinski definition) is 6. The van der Waals surface area contributed by atoms with Crippen molar-refractivity contribution < 1.29 is 28.7 Å². The molecule has 30 heavy (non-hydrogen) atoms. The van der Waals surface area contributed by atoms with Crippen LogP contribution in [0.2, 0.25) is 0 Å². The molecule has 2 aromatic rings. The average molecular weight is 408 g/mol. The molecule has 2 amide bonds. The predicted molar refractivity (Wildman–Crippen MR) is 103 cm³/mol. The molecule has 2 N–H and O–H groups in total. The number of piperidine rings is 2. The summed E-state index contributed by atoms with van der Waals surface area (Å²) in [6.45, 7) is -0.0658. The number of nitrogens with one attached hydrogen (secondary N) is 2. The third-order valence-electron chi connectivity index (χ3n) is 5.43. The number of fused-ring (bicyclic) bond motifs is 3. The van der Waals surface area contributed by atoms with Crippen LogP contribution in [-0.4, -0.2) is 34.8 Å². The molecule has 5 rings (SSSR count). The van der Waals surface area contributed by atoms with E-state index in [-0.39, 0.29) is 26.1 Å². The van der Waals surface area contributed by atoms with Gasteiger partial charge in [0.15, 0.2) is 0 Å². The molecule has 3 aliphatic heterocycles. The Bertz CT molecular complexity index is 912. The van der Waals surface area contributed by atoms with E-state index in [1.165, 1.54) is 0 Å². The van der Waals surface area contributed by atoms with E-state index in [1.54, 1.807) is 48.5 Å². The third kappa shape index (κ3) is 3.30. The zero-order chi connectivity index (χ0) is 21.2. The molecule has 0 spiro atoms. The lowest BCUT2D eigenvalue weighted by atomic mass is 9.73. The van der Waals surface area contributed by atoms with Gasteiger partial charge in [0.1, 0.15) is 13.2 Å². The lowest BCUT2D eigenvalue weighted by molar-refractivity contribution is -0.178. The maximum atomic E-state index is 12.7. The van der Waals surface area contributed by atoms with Crippen LogP contribution in [-0.2, 0) is 41.9 Å². The molecule has 0 radical (unpaired) electrons. The summed E-state index contributed by atoms with van der Waals surface area (Å²) in [4.78, 5) is 50.8. The van der Waals surface area contributed by atoms with Gasteiger partial charge in [0, 0.05) is 0 Å². The van der Waals surface area contributed by atoms with Crippen molar-refractivity contribution in [3.05, 3.63) is 71.8 Å². The Hall–Kier alpha value is -3.68. The van der Waals surface area contributed by atoms with E-state index >= 15 is 0 Å². The first kappa shape index (κ1) is 19.6. The normalized spacial score (nSPS) is 24.5. The molecule has 0 unspecified atom stereocenters. The smallest absolute Gasteiger partial charge is 0.342 e. The van der Waals surface area contributed by atoms with Crippen molar-refractivity contribution >= 4 is 23.8 Å². The summed E-state index contributed by atoms with van der Waals surface area (Å²) in [7, 11) is 0. The number of amides is 2. The summed E-state index contributed by atoms with van der Waals surface area (Å²) < 4.78 is 10.5. The van der Waals surface area contributed by atoms with Crippen molar-refractivity contribution in [2.75, 3.05) is 0 Å². The van der Waals surface area contributed by atoms with Crippen molar-refractivity contribution in [2.45, 2.75) is 37.1 Å². The lowest BCUT2D eigenvalue weighted by Crippen LogP contribution is -2.83. The van der Waals surface area contributed by atoms with Gasteiger partial charge in [-0.3, -0.25) is 9.59 Å². The Morgan fingerprint density at radius 1 is 0.700 bits per heavy atom. The van der Waals surface area contributed by atoms with Crippen LogP contribution < -0.4 is 10.6 Å². The van der Waals surface area contributed by atoms with Crippen LogP contribution in [0.15, 0.2) is 60.7 Å². The van der Waals surface area contributed by atoms with Gasteiger partial charge in [-0.1, -0.05) is 60.7 Å².